The Labute approximate surface area is 80.7 Å². The maximum Gasteiger partial charge on any atom is -0.00241 e. The van der Waals surface area contributed by atoms with Gasteiger partial charge in [0.25, 0.3) is 0 Å². The van der Waals surface area contributed by atoms with E-state index in [-0.39, 0.29) is 0 Å². The van der Waals surface area contributed by atoms with Crippen LogP contribution in [0.1, 0.15) is 44.9 Å². The molecule has 2 saturated carbocycles. The van der Waals surface area contributed by atoms with Gasteiger partial charge in [-0.15, -0.1) is 0 Å². The van der Waals surface area contributed by atoms with Gasteiger partial charge in [0.05, 0.1) is 0 Å². The van der Waals surface area contributed by atoms with Gasteiger partial charge in [-0.05, 0) is 36.5 Å². The molecule has 70 valence electrons. The highest BCUT2D eigenvalue weighted by Crippen LogP contribution is 2.63. The van der Waals surface area contributed by atoms with E-state index in [1.165, 1.54) is 44.9 Å². The summed E-state index contributed by atoms with van der Waals surface area (Å²) in [4.78, 5) is 0. The zero-order valence-corrected chi connectivity index (χ0v) is 8.26. The van der Waals surface area contributed by atoms with E-state index >= 15 is 0 Å². The Balaban J connectivity index is 2.08. The molecule has 3 rings (SSSR count). The third-order valence-corrected chi connectivity index (χ3v) is 4.67. The molecule has 0 aromatic rings. The minimum absolute atomic E-state index is 0.597. The molecule has 3 aliphatic carbocycles. The van der Waals surface area contributed by atoms with Gasteiger partial charge in [-0.25, -0.2) is 0 Å². The van der Waals surface area contributed by atoms with E-state index in [0.29, 0.717) is 10.8 Å². The number of hydrogen-bond acceptors (Lipinski definition) is 0. The summed E-state index contributed by atoms with van der Waals surface area (Å²) in [6.45, 7) is 0. The second-order valence-corrected chi connectivity index (χ2v) is 5.09. The predicted molar refractivity (Wildman–Crippen MR) is 55.5 cm³/mol. The van der Waals surface area contributed by atoms with Crippen molar-refractivity contribution in [1.82, 2.24) is 0 Å². The molecule has 0 radical (unpaired) electrons. The normalized spacial score (nSPS) is 47.4. The molecule has 13 heavy (non-hydrogen) atoms. The highest BCUT2D eigenvalue weighted by atomic mass is 14.6. The zero-order valence-electron chi connectivity index (χ0n) is 8.26. The highest BCUT2D eigenvalue weighted by Gasteiger charge is 2.52. The lowest BCUT2D eigenvalue weighted by atomic mass is 9.56. The second kappa shape index (κ2) is 2.50. The van der Waals surface area contributed by atoms with Gasteiger partial charge in [-0.3, -0.25) is 0 Å². The SMILES string of the molecule is C1=CC23CCCCC2(C=C1)CCC3. The summed E-state index contributed by atoms with van der Waals surface area (Å²) < 4.78 is 0. The van der Waals surface area contributed by atoms with Gasteiger partial charge >= 0.3 is 0 Å². The summed E-state index contributed by atoms with van der Waals surface area (Å²) in [6, 6.07) is 0. The zero-order chi connectivity index (χ0) is 8.78. The summed E-state index contributed by atoms with van der Waals surface area (Å²) >= 11 is 0. The lowest BCUT2D eigenvalue weighted by Crippen LogP contribution is -2.38. The van der Waals surface area contributed by atoms with E-state index < -0.39 is 0 Å². The molecule has 0 heteroatoms. The lowest BCUT2D eigenvalue weighted by molar-refractivity contribution is 0.109. The largest absolute Gasteiger partial charge is 0.0775 e. The number of allylic oxidation sites excluding steroid dienone is 4. The molecular weight excluding hydrogens is 156 g/mol. The molecular formula is C13H18. The van der Waals surface area contributed by atoms with Crippen molar-refractivity contribution in [3.63, 3.8) is 0 Å². The fourth-order valence-electron chi connectivity index (χ4n) is 3.99. The summed E-state index contributed by atoms with van der Waals surface area (Å²) in [5.41, 5.74) is 1.19. The monoisotopic (exact) mass is 174 g/mol. The summed E-state index contributed by atoms with van der Waals surface area (Å²) in [5.74, 6) is 0. The van der Waals surface area contributed by atoms with Gasteiger partial charge in [0.15, 0.2) is 0 Å². The molecule has 3 aliphatic rings. The fraction of sp³-hybridized carbons (Fsp3) is 0.692. The first-order chi connectivity index (χ1) is 6.37. The van der Waals surface area contributed by atoms with Crippen LogP contribution in [0.25, 0.3) is 0 Å². The van der Waals surface area contributed by atoms with Crippen LogP contribution in [-0.4, -0.2) is 0 Å². The maximum absolute atomic E-state index is 2.53. The van der Waals surface area contributed by atoms with Gasteiger partial charge in [0, 0.05) is 0 Å². The first-order valence-electron chi connectivity index (χ1n) is 5.74. The molecule has 0 nitrogen and oxygen atoms in total. The second-order valence-electron chi connectivity index (χ2n) is 5.09. The Bertz CT molecular complexity index is 246. The minimum Gasteiger partial charge on any atom is -0.0775 e. The van der Waals surface area contributed by atoms with Crippen LogP contribution < -0.4 is 0 Å². The molecule has 0 bridgehead atoms. The Kier molecular flexibility index (Phi) is 1.51. The average Bonchev–Trinajstić information content (AvgIpc) is 2.56. The first-order valence-corrected chi connectivity index (χ1v) is 5.74. The maximum atomic E-state index is 2.53. The van der Waals surface area contributed by atoms with Crippen molar-refractivity contribution in [2.45, 2.75) is 44.9 Å². The van der Waals surface area contributed by atoms with Crippen LogP contribution in [0.15, 0.2) is 24.3 Å². The van der Waals surface area contributed by atoms with Crippen LogP contribution in [0.4, 0.5) is 0 Å². The molecule has 0 aromatic heterocycles. The topological polar surface area (TPSA) is 0 Å². The van der Waals surface area contributed by atoms with Gasteiger partial charge in [-0.2, -0.15) is 0 Å². The lowest BCUT2D eigenvalue weighted by Gasteiger charge is -2.48. The van der Waals surface area contributed by atoms with Crippen molar-refractivity contribution in [3.05, 3.63) is 24.3 Å². The Morgan fingerprint density at radius 3 is 1.62 bits per heavy atom. The fourth-order valence-corrected chi connectivity index (χ4v) is 3.99. The van der Waals surface area contributed by atoms with E-state index in [2.05, 4.69) is 24.3 Å². The number of hydrogen-bond donors (Lipinski definition) is 0. The summed E-state index contributed by atoms with van der Waals surface area (Å²) in [7, 11) is 0. The van der Waals surface area contributed by atoms with Crippen LogP contribution in [0.3, 0.4) is 0 Å². The van der Waals surface area contributed by atoms with E-state index in [1.54, 1.807) is 0 Å². The van der Waals surface area contributed by atoms with Gasteiger partial charge in [0.1, 0.15) is 0 Å². The predicted octanol–water partition coefficient (Wildman–Crippen LogP) is 3.84. The van der Waals surface area contributed by atoms with Crippen molar-refractivity contribution in [1.29, 1.82) is 0 Å². The number of rotatable bonds is 0. The summed E-state index contributed by atoms with van der Waals surface area (Å²) in [5, 5.41) is 0. The van der Waals surface area contributed by atoms with Gasteiger partial charge in [-0.1, -0.05) is 43.6 Å². The minimum atomic E-state index is 0.597. The van der Waals surface area contributed by atoms with Crippen LogP contribution in [0, 0.1) is 10.8 Å². The van der Waals surface area contributed by atoms with E-state index in [0.717, 1.165) is 0 Å². The average molecular weight is 174 g/mol. The molecule has 0 aromatic carbocycles. The molecule has 2 atom stereocenters. The Hall–Kier alpha value is -0.520. The van der Waals surface area contributed by atoms with E-state index in [1.807, 2.05) is 0 Å². The molecule has 2 fully saturated rings. The van der Waals surface area contributed by atoms with E-state index in [9.17, 15) is 0 Å². The third kappa shape index (κ3) is 0.868. The molecule has 0 N–H and O–H groups in total. The summed E-state index contributed by atoms with van der Waals surface area (Å²) in [6.07, 6.45) is 19.8. The van der Waals surface area contributed by atoms with Crippen molar-refractivity contribution in [2.75, 3.05) is 0 Å². The van der Waals surface area contributed by atoms with Crippen molar-refractivity contribution in [3.8, 4) is 0 Å². The Morgan fingerprint density at radius 1 is 0.615 bits per heavy atom. The van der Waals surface area contributed by atoms with Crippen molar-refractivity contribution < 1.29 is 0 Å². The van der Waals surface area contributed by atoms with Crippen molar-refractivity contribution in [2.24, 2.45) is 10.8 Å². The molecule has 2 unspecified atom stereocenters. The quantitative estimate of drug-likeness (QED) is 0.523. The van der Waals surface area contributed by atoms with Crippen LogP contribution in [0.2, 0.25) is 0 Å². The molecule has 0 spiro atoms. The van der Waals surface area contributed by atoms with Gasteiger partial charge in [0.2, 0.25) is 0 Å². The molecule has 0 saturated heterocycles. The third-order valence-electron chi connectivity index (χ3n) is 4.67. The van der Waals surface area contributed by atoms with Crippen LogP contribution in [-0.2, 0) is 0 Å². The standard InChI is InChI=1S/C13H18/c1-2-7-13-9-4-3-8-12(13,6-1)10-5-11-13/h1-2,6-7H,3-5,8-11H2. The van der Waals surface area contributed by atoms with Crippen LogP contribution >= 0.6 is 0 Å². The van der Waals surface area contributed by atoms with Crippen molar-refractivity contribution >= 4 is 0 Å². The molecule has 0 aliphatic heterocycles. The van der Waals surface area contributed by atoms with Gasteiger partial charge < -0.3 is 0 Å². The van der Waals surface area contributed by atoms with E-state index in [4.69, 9.17) is 0 Å². The molecule has 0 amide bonds. The van der Waals surface area contributed by atoms with Crippen LogP contribution in [0.5, 0.6) is 0 Å². The first kappa shape index (κ1) is 7.84. The highest BCUT2D eigenvalue weighted by molar-refractivity contribution is 5.28. The molecule has 0 heterocycles. The smallest absolute Gasteiger partial charge is 0.00241 e. The Morgan fingerprint density at radius 2 is 1.08 bits per heavy atom.